The highest BCUT2D eigenvalue weighted by Gasteiger charge is 2.14. The van der Waals surface area contributed by atoms with E-state index in [1.807, 2.05) is 0 Å². The van der Waals surface area contributed by atoms with Crippen molar-refractivity contribution in [3.8, 4) is 6.07 Å². The van der Waals surface area contributed by atoms with E-state index >= 15 is 0 Å². The van der Waals surface area contributed by atoms with Gasteiger partial charge in [0.1, 0.15) is 0 Å². The van der Waals surface area contributed by atoms with Gasteiger partial charge in [0.15, 0.2) is 0 Å². The van der Waals surface area contributed by atoms with E-state index < -0.39 is 4.92 Å². The van der Waals surface area contributed by atoms with Crippen molar-refractivity contribution in [3.63, 3.8) is 0 Å². The molecule has 4 nitrogen and oxygen atoms in total. The number of nitrogens with zero attached hydrogens (tertiary/aromatic N) is 2. The van der Waals surface area contributed by atoms with Crippen molar-refractivity contribution < 1.29 is 4.92 Å². The first-order chi connectivity index (χ1) is 6.06. The highest BCUT2D eigenvalue weighted by molar-refractivity contribution is 6.31. The zero-order valence-electron chi connectivity index (χ0n) is 6.74. The van der Waals surface area contributed by atoms with Crippen LogP contribution in [0.2, 0.25) is 5.02 Å². The molecule has 0 radical (unpaired) electrons. The number of benzene rings is 1. The first kappa shape index (κ1) is 9.49. The van der Waals surface area contributed by atoms with Crippen molar-refractivity contribution in [3.05, 3.63) is 38.4 Å². The third kappa shape index (κ3) is 1.76. The zero-order valence-corrected chi connectivity index (χ0v) is 7.50. The molecule has 0 N–H and O–H groups in total. The molecular formula is C8H5ClN2O2. The Morgan fingerprint density at radius 1 is 1.62 bits per heavy atom. The van der Waals surface area contributed by atoms with Crippen LogP contribution >= 0.6 is 11.6 Å². The lowest BCUT2D eigenvalue weighted by Gasteiger charge is -1.99. The molecule has 1 aromatic carbocycles. The number of halogens is 1. The lowest BCUT2D eigenvalue weighted by molar-refractivity contribution is -0.385. The van der Waals surface area contributed by atoms with Gasteiger partial charge in [0.2, 0.25) is 0 Å². The minimum absolute atomic E-state index is 0.121. The van der Waals surface area contributed by atoms with Crippen LogP contribution in [-0.2, 0) is 0 Å². The molecule has 5 heteroatoms. The Balaban J connectivity index is 3.44. The average Bonchev–Trinajstić information content (AvgIpc) is 2.09. The lowest BCUT2D eigenvalue weighted by Crippen LogP contribution is -1.93. The Hall–Kier alpha value is -1.60. The molecule has 0 saturated heterocycles. The SMILES string of the molecule is Cc1c(Cl)cc(C#N)cc1[N+](=O)[O-]. The highest BCUT2D eigenvalue weighted by atomic mass is 35.5. The molecule has 0 spiro atoms. The summed E-state index contributed by atoms with van der Waals surface area (Å²) in [5.74, 6) is 0. The van der Waals surface area contributed by atoms with Gasteiger partial charge in [0, 0.05) is 11.6 Å². The van der Waals surface area contributed by atoms with Crippen LogP contribution in [0.3, 0.4) is 0 Å². The van der Waals surface area contributed by atoms with Gasteiger partial charge in [0.25, 0.3) is 5.69 Å². The van der Waals surface area contributed by atoms with Crippen molar-refractivity contribution in [2.24, 2.45) is 0 Å². The third-order valence-corrected chi connectivity index (χ3v) is 2.04. The van der Waals surface area contributed by atoms with Gasteiger partial charge in [-0.3, -0.25) is 10.1 Å². The molecule has 0 aromatic heterocycles. The standard InChI is InChI=1S/C8H5ClN2O2/c1-5-7(9)2-6(4-10)3-8(5)11(12)13/h2-3H,1H3. The van der Waals surface area contributed by atoms with Crippen LogP contribution in [0.4, 0.5) is 5.69 Å². The Bertz CT molecular complexity index is 409. The van der Waals surface area contributed by atoms with Crippen molar-refractivity contribution in [1.82, 2.24) is 0 Å². The summed E-state index contributed by atoms with van der Waals surface area (Å²) in [6, 6.07) is 4.42. The first-order valence-electron chi connectivity index (χ1n) is 3.41. The maximum absolute atomic E-state index is 10.5. The Morgan fingerprint density at radius 3 is 2.69 bits per heavy atom. The second-order valence-corrected chi connectivity index (χ2v) is 2.88. The van der Waals surface area contributed by atoms with Gasteiger partial charge in [-0.05, 0) is 13.0 Å². The molecule has 0 heterocycles. The van der Waals surface area contributed by atoms with Crippen LogP contribution in [0.5, 0.6) is 0 Å². The highest BCUT2D eigenvalue weighted by Crippen LogP contribution is 2.26. The van der Waals surface area contributed by atoms with Gasteiger partial charge in [-0.15, -0.1) is 0 Å². The normalized spacial score (nSPS) is 9.31. The Kier molecular flexibility index (Phi) is 2.49. The smallest absolute Gasteiger partial charge is 0.258 e. The summed E-state index contributed by atoms with van der Waals surface area (Å²) in [5.41, 5.74) is 0.456. The summed E-state index contributed by atoms with van der Waals surface area (Å²) < 4.78 is 0. The van der Waals surface area contributed by atoms with Crippen LogP contribution in [0.1, 0.15) is 11.1 Å². The molecule has 0 unspecified atom stereocenters. The molecule has 0 aliphatic rings. The molecule has 0 fully saturated rings. The molecule has 13 heavy (non-hydrogen) atoms. The number of hydrogen-bond donors (Lipinski definition) is 0. The third-order valence-electron chi connectivity index (χ3n) is 1.64. The molecule has 0 aliphatic carbocycles. The molecular weight excluding hydrogens is 192 g/mol. The van der Waals surface area contributed by atoms with E-state index in [9.17, 15) is 10.1 Å². The molecule has 0 saturated carbocycles. The fraction of sp³-hybridized carbons (Fsp3) is 0.125. The fourth-order valence-corrected chi connectivity index (χ4v) is 1.13. The summed E-state index contributed by atoms with van der Waals surface area (Å²) in [5, 5.41) is 19.2. The minimum Gasteiger partial charge on any atom is -0.258 e. The summed E-state index contributed by atoms with van der Waals surface area (Å²) in [7, 11) is 0. The van der Waals surface area contributed by atoms with Gasteiger partial charge in [0.05, 0.1) is 21.6 Å². The fourth-order valence-electron chi connectivity index (χ4n) is 0.919. The number of nitro benzene ring substituents is 1. The molecule has 0 amide bonds. The van der Waals surface area contributed by atoms with E-state index in [-0.39, 0.29) is 16.3 Å². The Morgan fingerprint density at radius 2 is 2.23 bits per heavy atom. The predicted octanol–water partition coefficient (Wildman–Crippen LogP) is 2.43. The number of nitro groups is 1. The second-order valence-electron chi connectivity index (χ2n) is 2.47. The van der Waals surface area contributed by atoms with Crippen LogP contribution < -0.4 is 0 Å². The van der Waals surface area contributed by atoms with Crippen molar-refractivity contribution in [2.45, 2.75) is 6.92 Å². The quantitative estimate of drug-likeness (QED) is 0.512. The molecule has 66 valence electrons. The van der Waals surface area contributed by atoms with E-state index in [0.717, 1.165) is 0 Å². The maximum Gasteiger partial charge on any atom is 0.275 e. The summed E-state index contributed by atoms with van der Waals surface area (Å²) in [4.78, 5) is 9.93. The van der Waals surface area contributed by atoms with Gasteiger partial charge in [-0.25, -0.2) is 0 Å². The summed E-state index contributed by atoms with van der Waals surface area (Å²) >= 11 is 5.69. The van der Waals surface area contributed by atoms with Gasteiger partial charge < -0.3 is 0 Å². The van der Waals surface area contributed by atoms with Gasteiger partial charge in [-0.1, -0.05) is 11.6 Å². The van der Waals surface area contributed by atoms with Crippen LogP contribution in [-0.4, -0.2) is 4.92 Å². The monoisotopic (exact) mass is 196 g/mol. The van der Waals surface area contributed by atoms with E-state index in [0.29, 0.717) is 5.56 Å². The minimum atomic E-state index is -0.554. The van der Waals surface area contributed by atoms with E-state index in [2.05, 4.69) is 0 Å². The Labute approximate surface area is 79.5 Å². The summed E-state index contributed by atoms with van der Waals surface area (Å²) in [6.45, 7) is 1.54. The van der Waals surface area contributed by atoms with Gasteiger partial charge >= 0.3 is 0 Å². The van der Waals surface area contributed by atoms with E-state index in [4.69, 9.17) is 16.9 Å². The second kappa shape index (κ2) is 3.42. The maximum atomic E-state index is 10.5. The number of hydrogen-bond acceptors (Lipinski definition) is 3. The van der Waals surface area contributed by atoms with Crippen LogP contribution in [0.25, 0.3) is 0 Å². The largest absolute Gasteiger partial charge is 0.275 e. The zero-order chi connectivity index (χ0) is 10.0. The molecule has 0 aliphatic heterocycles. The molecule has 0 atom stereocenters. The van der Waals surface area contributed by atoms with E-state index in [1.165, 1.54) is 12.1 Å². The van der Waals surface area contributed by atoms with Crippen LogP contribution in [0.15, 0.2) is 12.1 Å². The molecule has 1 aromatic rings. The van der Waals surface area contributed by atoms with E-state index in [1.54, 1.807) is 13.0 Å². The lowest BCUT2D eigenvalue weighted by atomic mass is 10.1. The first-order valence-corrected chi connectivity index (χ1v) is 3.78. The molecule has 1 rings (SSSR count). The average molecular weight is 197 g/mol. The predicted molar refractivity (Wildman–Crippen MR) is 47.6 cm³/mol. The summed E-state index contributed by atoms with van der Waals surface area (Å²) in [6.07, 6.45) is 0. The van der Waals surface area contributed by atoms with Crippen molar-refractivity contribution in [2.75, 3.05) is 0 Å². The van der Waals surface area contributed by atoms with Gasteiger partial charge in [-0.2, -0.15) is 5.26 Å². The number of nitriles is 1. The van der Waals surface area contributed by atoms with Crippen molar-refractivity contribution in [1.29, 1.82) is 5.26 Å². The number of rotatable bonds is 1. The van der Waals surface area contributed by atoms with Crippen molar-refractivity contribution >= 4 is 17.3 Å². The molecule has 0 bridgehead atoms. The topological polar surface area (TPSA) is 66.9 Å². The van der Waals surface area contributed by atoms with Crippen LogP contribution in [0, 0.1) is 28.4 Å².